The zero-order valence-corrected chi connectivity index (χ0v) is 12.4. The number of amides is 2. The first-order valence-electron chi connectivity index (χ1n) is 8.18. The lowest BCUT2D eigenvalue weighted by Crippen LogP contribution is -2.42. The van der Waals surface area contributed by atoms with Crippen LogP contribution in [0.4, 0.5) is 0 Å². The van der Waals surface area contributed by atoms with Gasteiger partial charge in [-0.15, -0.1) is 0 Å². The van der Waals surface area contributed by atoms with E-state index in [4.69, 9.17) is 0 Å². The third-order valence-corrected chi connectivity index (χ3v) is 5.48. The topological polar surface area (TPSA) is 49.4 Å². The highest BCUT2D eigenvalue weighted by Crippen LogP contribution is 2.52. The molecule has 0 radical (unpaired) electrons. The molecule has 0 spiro atoms. The van der Waals surface area contributed by atoms with Crippen LogP contribution in [-0.4, -0.2) is 36.3 Å². The Hall–Kier alpha value is -1.06. The molecule has 112 valence electrons. The minimum Gasteiger partial charge on any atom is -0.356 e. The molecule has 2 atom stereocenters. The van der Waals surface area contributed by atoms with Crippen LogP contribution in [-0.2, 0) is 9.59 Å². The predicted molar refractivity (Wildman–Crippen MR) is 76.9 cm³/mol. The van der Waals surface area contributed by atoms with Gasteiger partial charge in [-0.1, -0.05) is 19.3 Å². The zero-order chi connectivity index (χ0) is 14.1. The van der Waals surface area contributed by atoms with Crippen molar-refractivity contribution in [3.8, 4) is 0 Å². The molecule has 4 heteroatoms. The minimum absolute atomic E-state index is 0.0461. The summed E-state index contributed by atoms with van der Waals surface area (Å²) in [6.07, 6.45) is 7.30. The maximum atomic E-state index is 12.4. The fourth-order valence-electron chi connectivity index (χ4n) is 3.77. The molecule has 4 nitrogen and oxygen atoms in total. The van der Waals surface area contributed by atoms with Gasteiger partial charge >= 0.3 is 0 Å². The molecule has 1 heterocycles. The Morgan fingerprint density at radius 1 is 1.15 bits per heavy atom. The first-order chi connectivity index (χ1) is 9.65. The molecule has 20 heavy (non-hydrogen) atoms. The van der Waals surface area contributed by atoms with Crippen LogP contribution in [0, 0.1) is 23.7 Å². The molecule has 0 aromatic heterocycles. The van der Waals surface area contributed by atoms with Crippen molar-refractivity contribution in [2.45, 2.75) is 45.4 Å². The molecule has 0 unspecified atom stereocenters. The molecule has 3 rings (SSSR count). The van der Waals surface area contributed by atoms with Crippen LogP contribution < -0.4 is 5.32 Å². The van der Waals surface area contributed by atoms with Crippen molar-refractivity contribution in [3.63, 3.8) is 0 Å². The Labute approximate surface area is 121 Å². The Balaban J connectivity index is 1.39. The number of hydrogen-bond acceptors (Lipinski definition) is 2. The number of carbonyl (C=O) groups excluding carboxylic acids is 2. The van der Waals surface area contributed by atoms with E-state index in [2.05, 4.69) is 10.2 Å². The Morgan fingerprint density at radius 2 is 1.85 bits per heavy atom. The first-order valence-corrected chi connectivity index (χ1v) is 8.18. The van der Waals surface area contributed by atoms with Crippen LogP contribution in [0.25, 0.3) is 0 Å². The van der Waals surface area contributed by atoms with Gasteiger partial charge in [-0.3, -0.25) is 9.59 Å². The molecule has 3 aliphatic rings. The number of nitrogens with one attached hydrogen (secondary N) is 1. The molecule has 1 saturated heterocycles. The monoisotopic (exact) mass is 278 g/mol. The molecule has 2 aliphatic carbocycles. The van der Waals surface area contributed by atoms with Gasteiger partial charge < -0.3 is 10.2 Å². The smallest absolute Gasteiger partial charge is 0.225 e. The van der Waals surface area contributed by atoms with Crippen LogP contribution in [0.3, 0.4) is 0 Å². The summed E-state index contributed by atoms with van der Waals surface area (Å²) in [6, 6.07) is 0. The predicted octanol–water partition coefficient (Wildman–Crippen LogP) is 1.80. The Morgan fingerprint density at radius 3 is 2.40 bits per heavy atom. The van der Waals surface area contributed by atoms with Crippen molar-refractivity contribution in [1.29, 1.82) is 0 Å². The molecular weight excluding hydrogens is 252 g/mol. The second-order valence-corrected chi connectivity index (χ2v) is 6.90. The summed E-state index contributed by atoms with van der Waals surface area (Å²) < 4.78 is 0. The summed E-state index contributed by atoms with van der Waals surface area (Å²) in [7, 11) is 0. The first kappa shape index (κ1) is 13.9. The number of likely N-dealkylation sites (tertiary alicyclic amines) is 1. The lowest BCUT2D eigenvalue weighted by atomic mass is 9.81. The van der Waals surface area contributed by atoms with Crippen LogP contribution in [0.2, 0.25) is 0 Å². The lowest BCUT2D eigenvalue weighted by molar-refractivity contribution is -0.134. The quantitative estimate of drug-likeness (QED) is 0.852. The summed E-state index contributed by atoms with van der Waals surface area (Å²) in [5.41, 5.74) is 0. The number of hydrogen-bond donors (Lipinski definition) is 1. The van der Waals surface area contributed by atoms with Crippen LogP contribution in [0.15, 0.2) is 0 Å². The van der Waals surface area contributed by atoms with E-state index in [-0.39, 0.29) is 5.91 Å². The van der Waals surface area contributed by atoms with E-state index in [1.54, 1.807) is 6.92 Å². The van der Waals surface area contributed by atoms with Gasteiger partial charge in [-0.2, -0.15) is 0 Å². The number of rotatable bonds is 4. The van der Waals surface area contributed by atoms with Gasteiger partial charge in [-0.05, 0) is 37.0 Å². The van der Waals surface area contributed by atoms with Gasteiger partial charge in [0.2, 0.25) is 11.8 Å². The number of nitrogens with zero attached hydrogens (tertiary/aromatic N) is 1. The number of piperidine rings is 1. The van der Waals surface area contributed by atoms with Crippen LogP contribution >= 0.6 is 0 Å². The third-order valence-electron chi connectivity index (χ3n) is 5.48. The normalized spacial score (nSPS) is 30.8. The van der Waals surface area contributed by atoms with Gasteiger partial charge in [0, 0.05) is 32.5 Å². The summed E-state index contributed by atoms with van der Waals surface area (Å²) in [5, 5.41) is 2.89. The van der Waals surface area contributed by atoms with E-state index < -0.39 is 0 Å². The Kier molecular flexibility index (Phi) is 3.99. The molecule has 1 N–H and O–H groups in total. The summed E-state index contributed by atoms with van der Waals surface area (Å²) in [6.45, 7) is 4.10. The molecule has 0 bridgehead atoms. The van der Waals surface area contributed by atoms with E-state index >= 15 is 0 Å². The van der Waals surface area contributed by atoms with Crippen molar-refractivity contribution >= 4 is 11.8 Å². The van der Waals surface area contributed by atoms with Crippen molar-refractivity contribution in [1.82, 2.24) is 10.2 Å². The highest BCUT2D eigenvalue weighted by molar-refractivity contribution is 5.81. The molecule has 3 fully saturated rings. The molecule has 0 aromatic carbocycles. The summed E-state index contributed by atoms with van der Waals surface area (Å²) >= 11 is 0. The highest BCUT2D eigenvalue weighted by Gasteiger charge is 2.50. The maximum absolute atomic E-state index is 12.4. The van der Waals surface area contributed by atoms with Crippen molar-refractivity contribution in [2.75, 3.05) is 19.6 Å². The molecule has 2 saturated carbocycles. The fraction of sp³-hybridized carbons (Fsp3) is 0.875. The van der Waals surface area contributed by atoms with E-state index in [0.717, 1.165) is 44.8 Å². The van der Waals surface area contributed by atoms with Crippen molar-refractivity contribution in [2.24, 2.45) is 23.7 Å². The second-order valence-electron chi connectivity index (χ2n) is 6.90. The molecule has 1 aliphatic heterocycles. The van der Waals surface area contributed by atoms with Crippen molar-refractivity contribution < 1.29 is 9.59 Å². The van der Waals surface area contributed by atoms with Crippen LogP contribution in [0.5, 0.6) is 0 Å². The van der Waals surface area contributed by atoms with E-state index in [0.29, 0.717) is 23.7 Å². The van der Waals surface area contributed by atoms with E-state index in [9.17, 15) is 9.59 Å². The minimum atomic E-state index is 0.0461. The average molecular weight is 278 g/mol. The van der Waals surface area contributed by atoms with Crippen LogP contribution in [0.1, 0.15) is 45.4 Å². The van der Waals surface area contributed by atoms with Gasteiger partial charge in [0.15, 0.2) is 0 Å². The summed E-state index contributed by atoms with van der Waals surface area (Å²) in [5.74, 6) is 2.94. The second kappa shape index (κ2) is 5.74. The lowest BCUT2D eigenvalue weighted by Gasteiger charge is -2.33. The standard InChI is InChI=1S/C16H26N2O2/c1-11(19)17-10-12-5-7-18(8-6-12)16(20)15-9-14(15)13-3-2-4-13/h12-15H,2-10H2,1H3,(H,17,19)/t14-,15+/m0/s1. The SMILES string of the molecule is CC(=O)NCC1CCN(C(=O)[C@@H]2C[C@H]2C2CCC2)CC1. The molecule has 2 amide bonds. The van der Waals surface area contributed by atoms with Gasteiger partial charge in [0.25, 0.3) is 0 Å². The van der Waals surface area contributed by atoms with Gasteiger partial charge in [0.05, 0.1) is 0 Å². The highest BCUT2D eigenvalue weighted by atomic mass is 16.2. The van der Waals surface area contributed by atoms with E-state index in [1.807, 2.05) is 0 Å². The average Bonchev–Trinajstić information content (AvgIpc) is 3.14. The van der Waals surface area contributed by atoms with Gasteiger partial charge in [0.1, 0.15) is 0 Å². The third kappa shape index (κ3) is 2.99. The maximum Gasteiger partial charge on any atom is 0.225 e. The number of carbonyl (C=O) groups is 2. The largest absolute Gasteiger partial charge is 0.356 e. The Bertz CT molecular complexity index is 384. The summed E-state index contributed by atoms with van der Waals surface area (Å²) in [4.78, 5) is 25.4. The molecule has 0 aromatic rings. The zero-order valence-electron chi connectivity index (χ0n) is 12.4. The fourth-order valence-corrected chi connectivity index (χ4v) is 3.77. The van der Waals surface area contributed by atoms with Gasteiger partial charge in [-0.25, -0.2) is 0 Å². The van der Waals surface area contributed by atoms with E-state index in [1.165, 1.54) is 19.3 Å². The molecular formula is C16H26N2O2. The van der Waals surface area contributed by atoms with Crippen molar-refractivity contribution in [3.05, 3.63) is 0 Å².